The molecule has 8 heteroatoms. The fraction of sp³-hybridized carbons (Fsp3) is 0.400. The molecule has 33 heavy (non-hydrogen) atoms. The molecule has 0 saturated heterocycles. The summed E-state index contributed by atoms with van der Waals surface area (Å²) in [5.41, 5.74) is 2.42. The van der Waals surface area contributed by atoms with Crippen LogP contribution in [-0.2, 0) is 20.8 Å². The minimum absolute atomic E-state index is 0.134. The third-order valence-electron chi connectivity index (χ3n) is 6.17. The molecule has 3 rings (SSSR count). The number of hydrogen-bond acceptors (Lipinski definition) is 5. The van der Waals surface area contributed by atoms with Crippen molar-refractivity contribution in [3.8, 4) is 22.6 Å². The smallest absolute Gasteiger partial charge is 0.326 e. The Morgan fingerprint density at radius 2 is 1.45 bits per heavy atom. The first-order valence-electron chi connectivity index (χ1n) is 10.9. The summed E-state index contributed by atoms with van der Waals surface area (Å²) in [5.74, 6) is -1.75. The monoisotopic (exact) mass is 455 g/mol. The zero-order chi connectivity index (χ0) is 24.0. The van der Waals surface area contributed by atoms with Gasteiger partial charge in [0.25, 0.3) is 0 Å². The van der Waals surface area contributed by atoms with Gasteiger partial charge >= 0.3 is 11.9 Å². The number of carboxylic acid groups (broad SMARTS) is 2. The summed E-state index contributed by atoms with van der Waals surface area (Å²) in [6.07, 6.45) is 1.89. The van der Waals surface area contributed by atoms with Crippen LogP contribution >= 0.6 is 0 Å². The van der Waals surface area contributed by atoms with E-state index in [1.165, 1.54) is 0 Å². The second-order valence-electron chi connectivity index (χ2n) is 8.22. The van der Waals surface area contributed by atoms with Crippen LogP contribution in [0.2, 0.25) is 0 Å². The Balaban J connectivity index is 1.68. The van der Waals surface area contributed by atoms with Gasteiger partial charge in [0, 0.05) is 12.3 Å². The first-order valence-corrected chi connectivity index (χ1v) is 10.9. The van der Waals surface area contributed by atoms with Gasteiger partial charge in [-0.15, -0.1) is 0 Å². The lowest BCUT2D eigenvalue weighted by Gasteiger charge is -2.26. The molecule has 1 unspecified atom stereocenters. The third-order valence-corrected chi connectivity index (χ3v) is 6.17. The van der Waals surface area contributed by atoms with Gasteiger partial charge < -0.3 is 25.0 Å². The van der Waals surface area contributed by atoms with E-state index >= 15 is 0 Å². The fourth-order valence-corrected chi connectivity index (χ4v) is 4.27. The summed E-state index contributed by atoms with van der Waals surface area (Å²) in [6.45, 7) is 0. The zero-order valence-electron chi connectivity index (χ0n) is 18.7. The maximum atomic E-state index is 12.6. The normalized spacial score (nSPS) is 18.7. The van der Waals surface area contributed by atoms with Crippen LogP contribution < -0.4 is 14.8 Å². The standard InChI is InChI=1S/C25H29NO7/c1-32-20-4-3-5-21(33-2)22(20)16-8-6-15(7-9-16)14-19(25(30)31)26-23(27)17-10-12-18(13-11-17)24(28)29/h3-9,17-19H,10-14H2,1-2H3,(H,26,27)(H,28,29)(H,30,31). The van der Waals surface area contributed by atoms with Crippen molar-refractivity contribution in [3.63, 3.8) is 0 Å². The van der Waals surface area contributed by atoms with E-state index in [1.54, 1.807) is 14.2 Å². The molecular weight excluding hydrogens is 426 g/mol. The Bertz CT molecular complexity index is 972. The first kappa shape index (κ1) is 24.1. The molecule has 1 aliphatic rings. The van der Waals surface area contributed by atoms with Crippen molar-refractivity contribution in [1.29, 1.82) is 0 Å². The lowest BCUT2D eigenvalue weighted by Crippen LogP contribution is -2.45. The molecule has 2 aromatic rings. The number of carbonyl (C=O) groups is 3. The molecule has 0 aliphatic heterocycles. The van der Waals surface area contributed by atoms with Crippen molar-refractivity contribution in [2.45, 2.75) is 38.1 Å². The van der Waals surface area contributed by atoms with E-state index < -0.39 is 23.9 Å². The molecule has 0 spiro atoms. The number of ether oxygens (including phenoxy) is 2. The molecule has 1 aliphatic carbocycles. The molecular formula is C25H29NO7. The van der Waals surface area contributed by atoms with Crippen LogP contribution in [0.1, 0.15) is 31.2 Å². The predicted molar refractivity (Wildman–Crippen MR) is 121 cm³/mol. The highest BCUT2D eigenvalue weighted by Crippen LogP contribution is 2.38. The summed E-state index contributed by atoms with van der Waals surface area (Å²) < 4.78 is 10.9. The van der Waals surface area contributed by atoms with Gasteiger partial charge in [-0.3, -0.25) is 9.59 Å². The van der Waals surface area contributed by atoms with Crippen LogP contribution in [-0.4, -0.2) is 48.3 Å². The Morgan fingerprint density at radius 1 is 0.909 bits per heavy atom. The number of rotatable bonds is 9. The van der Waals surface area contributed by atoms with Crippen LogP contribution in [0, 0.1) is 11.8 Å². The molecule has 0 radical (unpaired) electrons. The number of aliphatic carboxylic acids is 2. The maximum absolute atomic E-state index is 12.6. The number of methoxy groups -OCH3 is 2. The van der Waals surface area contributed by atoms with Crippen molar-refractivity contribution in [3.05, 3.63) is 48.0 Å². The molecule has 1 fully saturated rings. The number of benzene rings is 2. The second kappa shape index (κ2) is 10.8. The average molecular weight is 456 g/mol. The van der Waals surface area contributed by atoms with E-state index in [-0.39, 0.29) is 18.2 Å². The van der Waals surface area contributed by atoms with Crippen LogP contribution in [0.4, 0.5) is 0 Å². The highest BCUT2D eigenvalue weighted by atomic mass is 16.5. The number of carboxylic acids is 2. The van der Waals surface area contributed by atoms with Crippen molar-refractivity contribution >= 4 is 17.8 Å². The van der Waals surface area contributed by atoms with E-state index in [1.807, 2.05) is 42.5 Å². The minimum atomic E-state index is -1.11. The number of nitrogens with one attached hydrogen (secondary N) is 1. The Labute approximate surface area is 192 Å². The van der Waals surface area contributed by atoms with E-state index in [4.69, 9.17) is 14.6 Å². The van der Waals surface area contributed by atoms with Gasteiger partial charge in [-0.25, -0.2) is 4.79 Å². The number of carbonyl (C=O) groups excluding carboxylic acids is 1. The summed E-state index contributed by atoms with van der Waals surface area (Å²) in [6, 6.07) is 11.8. The van der Waals surface area contributed by atoms with Gasteiger partial charge in [0.1, 0.15) is 17.5 Å². The molecule has 0 bridgehead atoms. The molecule has 1 atom stereocenters. The van der Waals surface area contributed by atoms with Crippen LogP contribution in [0.25, 0.3) is 11.1 Å². The Hall–Kier alpha value is -3.55. The third kappa shape index (κ3) is 5.83. The number of amides is 1. The molecule has 1 amide bonds. The quantitative estimate of drug-likeness (QED) is 0.530. The highest BCUT2D eigenvalue weighted by molar-refractivity contribution is 5.85. The lowest BCUT2D eigenvalue weighted by molar-refractivity contribution is -0.144. The van der Waals surface area contributed by atoms with Crippen molar-refractivity contribution in [2.24, 2.45) is 11.8 Å². The molecule has 0 aromatic heterocycles. The van der Waals surface area contributed by atoms with Crippen LogP contribution in [0.3, 0.4) is 0 Å². The first-order chi connectivity index (χ1) is 15.8. The molecule has 1 saturated carbocycles. The Kier molecular flexibility index (Phi) is 7.92. The number of hydrogen-bond donors (Lipinski definition) is 3. The van der Waals surface area contributed by atoms with E-state index in [0.717, 1.165) is 16.7 Å². The van der Waals surface area contributed by atoms with Crippen molar-refractivity contribution < 1.29 is 34.1 Å². The lowest BCUT2D eigenvalue weighted by atomic mass is 9.81. The van der Waals surface area contributed by atoms with E-state index in [0.29, 0.717) is 37.2 Å². The molecule has 2 aromatic carbocycles. The van der Waals surface area contributed by atoms with Gasteiger partial charge in [-0.05, 0) is 48.9 Å². The van der Waals surface area contributed by atoms with Gasteiger partial charge in [-0.2, -0.15) is 0 Å². The van der Waals surface area contributed by atoms with Gasteiger partial charge in [0.05, 0.1) is 25.7 Å². The summed E-state index contributed by atoms with van der Waals surface area (Å²) in [4.78, 5) is 35.5. The SMILES string of the molecule is COc1cccc(OC)c1-c1ccc(CC(NC(=O)C2CCC(C(=O)O)CC2)C(=O)O)cc1. The van der Waals surface area contributed by atoms with E-state index in [2.05, 4.69) is 5.32 Å². The van der Waals surface area contributed by atoms with Gasteiger partial charge in [-0.1, -0.05) is 30.3 Å². The minimum Gasteiger partial charge on any atom is -0.496 e. The second-order valence-corrected chi connectivity index (χ2v) is 8.22. The van der Waals surface area contributed by atoms with Crippen LogP contribution in [0.5, 0.6) is 11.5 Å². The molecule has 176 valence electrons. The van der Waals surface area contributed by atoms with E-state index in [9.17, 15) is 19.5 Å². The van der Waals surface area contributed by atoms with Crippen molar-refractivity contribution in [2.75, 3.05) is 14.2 Å². The highest BCUT2D eigenvalue weighted by Gasteiger charge is 2.31. The summed E-state index contributed by atoms with van der Waals surface area (Å²) >= 11 is 0. The maximum Gasteiger partial charge on any atom is 0.326 e. The predicted octanol–water partition coefficient (Wildman–Crippen LogP) is 3.37. The van der Waals surface area contributed by atoms with Gasteiger partial charge in [0.15, 0.2) is 0 Å². The fourth-order valence-electron chi connectivity index (χ4n) is 4.27. The molecule has 3 N–H and O–H groups in total. The van der Waals surface area contributed by atoms with Crippen LogP contribution in [0.15, 0.2) is 42.5 Å². The molecule has 0 heterocycles. The Morgan fingerprint density at radius 3 is 1.94 bits per heavy atom. The summed E-state index contributed by atoms with van der Waals surface area (Å²) in [7, 11) is 3.17. The summed E-state index contributed by atoms with van der Waals surface area (Å²) in [5, 5.41) is 21.4. The largest absolute Gasteiger partial charge is 0.496 e. The zero-order valence-corrected chi connectivity index (χ0v) is 18.7. The molecule has 8 nitrogen and oxygen atoms in total. The average Bonchev–Trinajstić information content (AvgIpc) is 2.83. The topological polar surface area (TPSA) is 122 Å². The van der Waals surface area contributed by atoms with Gasteiger partial charge in [0.2, 0.25) is 5.91 Å². The van der Waals surface area contributed by atoms with Crippen molar-refractivity contribution in [1.82, 2.24) is 5.32 Å².